The van der Waals surface area contributed by atoms with E-state index in [4.69, 9.17) is 12.2 Å². The van der Waals surface area contributed by atoms with E-state index in [0.717, 1.165) is 5.92 Å². The predicted octanol–water partition coefficient (Wildman–Crippen LogP) is 3.20. The van der Waals surface area contributed by atoms with Crippen LogP contribution in [0.25, 0.3) is 0 Å². The Bertz CT molecular complexity index is 210. The van der Waals surface area contributed by atoms with Crippen molar-refractivity contribution in [3.8, 4) is 0 Å². The number of hydrogen-bond acceptors (Lipinski definition) is 1. The maximum Gasteiger partial charge on any atom is 0.00466 e. The standard InChI is InChI=1S/C10H16S/c1-9(2)7-4-5-10(3,6-7)8(9)11/h7H,4-6H2,1-3H3/t7-,10+/m0/s1. The van der Waals surface area contributed by atoms with Gasteiger partial charge in [-0.05, 0) is 36.0 Å². The Morgan fingerprint density at radius 2 is 2.00 bits per heavy atom. The molecule has 0 saturated heterocycles. The van der Waals surface area contributed by atoms with Gasteiger partial charge >= 0.3 is 0 Å². The fourth-order valence-electron chi connectivity index (χ4n) is 3.03. The molecule has 2 bridgehead atoms. The summed E-state index contributed by atoms with van der Waals surface area (Å²) in [7, 11) is 0. The van der Waals surface area contributed by atoms with Crippen molar-refractivity contribution < 1.29 is 0 Å². The van der Waals surface area contributed by atoms with Gasteiger partial charge in [0.1, 0.15) is 0 Å². The molecule has 62 valence electrons. The second-order valence-corrected chi connectivity index (χ2v) is 5.46. The zero-order valence-electron chi connectivity index (χ0n) is 7.61. The molecule has 2 atom stereocenters. The third-order valence-electron chi connectivity index (χ3n) is 3.90. The average molecular weight is 168 g/mol. The van der Waals surface area contributed by atoms with Crippen LogP contribution in [0.15, 0.2) is 0 Å². The zero-order valence-corrected chi connectivity index (χ0v) is 8.42. The first-order valence-corrected chi connectivity index (χ1v) is 4.92. The van der Waals surface area contributed by atoms with Crippen molar-refractivity contribution in [3.63, 3.8) is 0 Å². The van der Waals surface area contributed by atoms with Gasteiger partial charge in [-0.15, -0.1) is 0 Å². The first-order valence-electron chi connectivity index (χ1n) is 4.52. The van der Waals surface area contributed by atoms with E-state index in [1.165, 1.54) is 24.1 Å². The molecule has 0 aromatic rings. The van der Waals surface area contributed by atoms with Crippen molar-refractivity contribution in [3.05, 3.63) is 0 Å². The summed E-state index contributed by atoms with van der Waals surface area (Å²) in [6.07, 6.45) is 4.11. The second kappa shape index (κ2) is 1.87. The molecule has 0 heterocycles. The zero-order chi connectivity index (χ0) is 8.28. The van der Waals surface area contributed by atoms with Gasteiger partial charge in [0.25, 0.3) is 0 Å². The summed E-state index contributed by atoms with van der Waals surface area (Å²) in [5.41, 5.74) is 0.797. The minimum absolute atomic E-state index is 0.363. The summed E-state index contributed by atoms with van der Waals surface area (Å²) in [6, 6.07) is 0. The van der Waals surface area contributed by atoms with Crippen LogP contribution in [0, 0.1) is 16.7 Å². The van der Waals surface area contributed by atoms with Gasteiger partial charge in [-0.25, -0.2) is 0 Å². The van der Waals surface area contributed by atoms with E-state index in [1.54, 1.807) is 0 Å². The smallest absolute Gasteiger partial charge is 0.00466 e. The van der Waals surface area contributed by atoms with Gasteiger partial charge in [0.2, 0.25) is 0 Å². The Kier molecular flexibility index (Phi) is 1.32. The monoisotopic (exact) mass is 168 g/mol. The Morgan fingerprint density at radius 1 is 1.36 bits per heavy atom. The maximum absolute atomic E-state index is 5.52. The van der Waals surface area contributed by atoms with Crippen LogP contribution in [0.3, 0.4) is 0 Å². The van der Waals surface area contributed by atoms with Crippen LogP contribution < -0.4 is 0 Å². The largest absolute Gasteiger partial charge is 0.0885 e. The topological polar surface area (TPSA) is 0 Å². The van der Waals surface area contributed by atoms with Gasteiger partial charge in [-0.2, -0.15) is 0 Å². The van der Waals surface area contributed by atoms with Crippen LogP contribution in [0.2, 0.25) is 0 Å². The van der Waals surface area contributed by atoms with E-state index in [-0.39, 0.29) is 0 Å². The Balaban J connectivity index is 2.42. The molecule has 2 saturated carbocycles. The van der Waals surface area contributed by atoms with Crippen LogP contribution in [-0.2, 0) is 0 Å². The summed E-state index contributed by atoms with van der Waals surface area (Å²) >= 11 is 5.52. The minimum atomic E-state index is 0.363. The summed E-state index contributed by atoms with van der Waals surface area (Å²) in [5.74, 6) is 0.889. The van der Waals surface area contributed by atoms with E-state index in [2.05, 4.69) is 20.8 Å². The number of rotatable bonds is 0. The first kappa shape index (κ1) is 7.72. The van der Waals surface area contributed by atoms with E-state index >= 15 is 0 Å². The van der Waals surface area contributed by atoms with E-state index < -0.39 is 0 Å². The quantitative estimate of drug-likeness (QED) is 0.500. The number of fused-ring (bicyclic) bond motifs is 2. The molecule has 0 aliphatic heterocycles. The van der Waals surface area contributed by atoms with Gasteiger partial charge in [-0.3, -0.25) is 0 Å². The molecule has 0 N–H and O–H groups in total. The molecule has 0 amide bonds. The third kappa shape index (κ3) is 0.780. The highest BCUT2D eigenvalue weighted by atomic mass is 32.1. The predicted molar refractivity (Wildman–Crippen MR) is 51.8 cm³/mol. The van der Waals surface area contributed by atoms with Crippen molar-refractivity contribution in [2.75, 3.05) is 0 Å². The molecule has 0 radical (unpaired) electrons. The second-order valence-electron chi connectivity index (χ2n) is 5.05. The Hall–Kier alpha value is 0.0900. The minimum Gasteiger partial charge on any atom is -0.0885 e. The molecule has 0 aromatic heterocycles. The highest BCUT2D eigenvalue weighted by Gasteiger charge is 2.55. The van der Waals surface area contributed by atoms with Crippen LogP contribution in [-0.4, -0.2) is 4.86 Å². The van der Waals surface area contributed by atoms with Crippen LogP contribution in [0.1, 0.15) is 40.0 Å². The SMILES string of the molecule is CC1(C)C(=S)[C@]2(C)CC[C@H]1C2. The molecular formula is C10H16S. The van der Waals surface area contributed by atoms with Gasteiger partial charge in [0, 0.05) is 4.86 Å². The molecule has 1 heteroatoms. The first-order chi connectivity index (χ1) is 4.97. The Morgan fingerprint density at radius 3 is 2.27 bits per heavy atom. The molecule has 0 spiro atoms. The van der Waals surface area contributed by atoms with Crippen molar-refractivity contribution in [2.45, 2.75) is 40.0 Å². The summed E-state index contributed by atoms with van der Waals surface area (Å²) in [4.78, 5) is 1.35. The lowest BCUT2D eigenvalue weighted by atomic mass is 9.73. The van der Waals surface area contributed by atoms with E-state index in [0.29, 0.717) is 10.8 Å². The average Bonchev–Trinajstić information content (AvgIpc) is 2.36. The van der Waals surface area contributed by atoms with Gasteiger partial charge in [0.15, 0.2) is 0 Å². The molecule has 0 nitrogen and oxygen atoms in total. The maximum atomic E-state index is 5.52. The van der Waals surface area contributed by atoms with Crippen molar-refractivity contribution >= 4 is 17.1 Å². The summed E-state index contributed by atoms with van der Waals surface area (Å²) in [6.45, 7) is 7.00. The molecule has 2 rings (SSSR count). The highest BCUT2D eigenvalue weighted by molar-refractivity contribution is 7.80. The fourth-order valence-corrected chi connectivity index (χ4v) is 3.38. The lowest BCUT2D eigenvalue weighted by Gasteiger charge is -2.34. The lowest BCUT2D eigenvalue weighted by Crippen LogP contribution is -2.33. The van der Waals surface area contributed by atoms with E-state index in [1.807, 2.05) is 0 Å². The molecule has 2 aliphatic carbocycles. The van der Waals surface area contributed by atoms with Gasteiger partial charge in [-0.1, -0.05) is 33.0 Å². The molecule has 0 unspecified atom stereocenters. The van der Waals surface area contributed by atoms with Crippen LogP contribution in [0.4, 0.5) is 0 Å². The van der Waals surface area contributed by atoms with Crippen molar-refractivity contribution in [1.82, 2.24) is 0 Å². The van der Waals surface area contributed by atoms with Gasteiger partial charge < -0.3 is 0 Å². The molecule has 2 aliphatic rings. The fraction of sp³-hybridized carbons (Fsp3) is 0.900. The molecule has 2 fully saturated rings. The van der Waals surface area contributed by atoms with Crippen LogP contribution in [0.5, 0.6) is 0 Å². The highest BCUT2D eigenvalue weighted by Crippen LogP contribution is 2.60. The molecule has 0 aromatic carbocycles. The van der Waals surface area contributed by atoms with Gasteiger partial charge in [0.05, 0.1) is 0 Å². The van der Waals surface area contributed by atoms with E-state index in [9.17, 15) is 0 Å². The van der Waals surface area contributed by atoms with Crippen LogP contribution >= 0.6 is 12.2 Å². The molecular weight excluding hydrogens is 152 g/mol. The lowest BCUT2D eigenvalue weighted by molar-refractivity contribution is 0.337. The summed E-state index contributed by atoms with van der Waals surface area (Å²) in [5, 5.41) is 0. The van der Waals surface area contributed by atoms with Crippen molar-refractivity contribution in [1.29, 1.82) is 0 Å². The number of thiocarbonyl (C=S) groups is 1. The molecule has 11 heavy (non-hydrogen) atoms. The Labute approximate surface area is 74.4 Å². The summed E-state index contributed by atoms with van der Waals surface area (Å²) < 4.78 is 0. The van der Waals surface area contributed by atoms with Crippen molar-refractivity contribution in [2.24, 2.45) is 16.7 Å². The number of hydrogen-bond donors (Lipinski definition) is 0. The normalized spacial score (nSPS) is 46.8. The third-order valence-corrected chi connectivity index (χ3v) is 4.91.